The Morgan fingerprint density at radius 2 is 1.93 bits per heavy atom. The first-order valence-electron chi connectivity index (χ1n) is 10.5. The van der Waals surface area contributed by atoms with Crippen molar-refractivity contribution < 1.29 is 14.6 Å². The lowest BCUT2D eigenvalue weighted by atomic mass is 9.84. The van der Waals surface area contributed by atoms with Crippen LogP contribution < -0.4 is 15.4 Å². The van der Waals surface area contributed by atoms with E-state index < -0.39 is 6.10 Å². The summed E-state index contributed by atoms with van der Waals surface area (Å²) in [6.45, 7) is 4.92. The maximum absolute atomic E-state index is 12.3. The van der Waals surface area contributed by atoms with Crippen LogP contribution >= 0.6 is 0 Å². The number of aliphatic hydroxyl groups excluding tert-OH is 1. The molecule has 29 heavy (non-hydrogen) atoms. The van der Waals surface area contributed by atoms with E-state index >= 15 is 0 Å². The molecule has 1 saturated heterocycles. The molecule has 5 nitrogen and oxygen atoms in total. The second kappa shape index (κ2) is 11.0. The van der Waals surface area contributed by atoms with E-state index in [1.807, 2.05) is 54.6 Å². The molecule has 2 aromatic rings. The zero-order valence-electron chi connectivity index (χ0n) is 17.1. The molecule has 2 atom stereocenters. The van der Waals surface area contributed by atoms with Gasteiger partial charge < -0.3 is 20.5 Å². The third-order valence-corrected chi connectivity index (χ3v) is 5.68. The highest BCUT2D eigenvalue weighted by Crippen LogP contribution is 2.24. The van der Waals surface area contributed by atoms with Gasteiger partial charge in [0.25, 0.3) is 0 Å². The monoisotopic (exact) mass is 396 g/mol. The molecule has 0 spiro atoms. The highest BCUT2D eigenvalue weighted by molar-refractivity contribution is 5.76. The number of hydrogen-bond acceptors (Lipinski definition) is 4. The van der Waals surface area contributed by atoms with Crippen molar-refractivity contribution in [2.45, 2.75) is 38.9 Å². The van der Waals surface area contributed by atoms with Crippen LogP contribution in [0.5, 0.6) is 5.75 Å². The first-order chi connectivity index (χ1) is 14.1. The number of aliphatic hydroxyl groups is 1. The fraction of sp³-hybridized carbons (Fsp3) is 0.458. The van der Waals surface area contributed by atoms with E-state index in [1.54, 1.807) is 0 Å². The molecular weight excluding hydrogens is 364 g/mol. The largest absolute Gasteiger partial charge is 0.489 e. The molecule has 0 saturated carbocycles. The fourth-order valence-corrected chi connectivity index (χ4v) is 3.83. The van der Waals surface area contributed by atoms with E-state index in [4.69, 9.17) is 4.74 Å². The number of benzene rings is 2. The van der Waals surface area contributed by atoms with Gasteiger partial charge in [-0.3, -0.25) is 4.79 Å². The van der Waals surface area contributed by atoms with E-state index in [0.717, 1.165) is 37.1 Å². The van der Waals surface area contributed by atoms with Crippen molar-refractivity contribution >= 4 is 5.91 Å². The second-order valence-corrected chi connectivity index (χ2v) is 7.94. The molecule has 156 valence electrons. The van der Waals surface area contributed by atoms with E-state index in [9.17, 15) is 9.90 Å². The van der Waals surface area contributed by atoms with Gasteiger partial charge in [0.1, 0.15) is 12.4 Å². The quantitative estimate of drug-likeness (QED) is 0.607. The Bertz CT molecular complexity index is 760. The average molecular weight is 397 g/mol. The van der Waals surface area contributed by atoms with E-state index in [0.29, 0.717) is 30.6 Å². The third kappa shape index (κ3) is 6.87. The van der Waals surface area contributed by atoms with Gasteiger partial charge in [0.2, 0.25) is 5.91 Å². The average Bonchev–Trinajstić information content (AvgIpc) is 2.77. The van der Waals surface area contributed by atoms with E-state index in [-0.39, 0.29) is 12.5 Å². The normalized spacial score (nSPS) is 16.8. The zero-order valence-corrected chi connectivity index (χ0v) is 17.1. The van der Waals surface area contributed by atoms with Gasteiger partial charge in [0.15, 0.2) is 0 Å². The predicted molar refractivity (Wildman–Crippen MR) is 115 cm³/mol. The van der Waals surface area contributed by atoms with Crippen LogP contribution in [0.1, 0.15) is 43.4 Å². The van der Waals surface area contributed by atoms with Gasteiger partial charge in [-0.05, 0) is 61.0 Å². The first kappa shape index (κ1) is 21.3. The summed E-state index contributed by atoms with van der Waals surface area (Å²) < 4.78 is 5.82. The van der Waals surface area contributed by atoms with Crippen molar-refractivity contribution in [1.82, 2.24) is 10.6 Å². The lowest BCUT2D eigenvalue weighted by Crippen LogP contribution is -2.34. The van der Waals surface area contributed by atoms with Crippen LogP contribution in [0.4, 0.5) is 0 Å². The minimum Gasteiger partial charge on any atom is -0.489 e. The van der Waals surface area contributed by atoms with E-state index in [2.05, 4.69) is 17.6 Å². The van der Waals surface area contributed by atoms with Crippen LogP contribution in [0.25, 0.3) is 0 Å². The third-order valence-electron chi connectivity index (χ3n) is 5.68. The number of amides is 1. The molecule has 0 aromatic heterocycles. The second-order valence-electron chi connectivity index (χ2n) is 7.94. The van der Waals surface area contributed by atoms with Gasteiger partial charge in [0.05, 0.1) is 6.10 Å². The van der Waals surface area contributed by atoms with Gasteiger partial charge >= 0.3 is 0 Å². The van der Waals surface area contributed by atoms with Gasteiger partial charge in [-0.1, -0.05) is 49.4 Å². The van der Waals surface area contributed by atoms with Crippen molar-refractivity contribution in [2.24, 2.45) is 11.8 Å². The highest BCUT2D eigenvalue weighted by atomic mass is 16.5. The van der Waals surface area contributed by atoms with Crippen molar-refractivity contribution in [3.8, 4) is 5.75 Å². The van der Waals surface area contributed by atoms with Gasteiger partial charge in [-0.25, -0.2) is 0 Å². The number of rotatable bonds is 9. The molecule has 5 heteroatoms. The van der Waals surface area contributed by atoms with Crippen molar-refractivity contribution in [3.63, 3.8) is 0 Å². The van der Waals surface area contributed by atoms with Crippen molar-refractivity contribution in [1.29, 1.82) is 0 Å². The molecule has 0 aliphatic carbocycles. The minimum atomic E-state index is -0.756. The summed E-state index contributed by atoms with van der Waals surface area (Å²) in [5, 5.41) is 16.7. The SMILES string of the molecule is CC(CC(=O)NCC(O)c1cccc(OCc2ccccc2)c1)C1CCNCC1. The van der Waals surface area contributed by atoms with E-state index in [1.165, 1.54) is 0 Å². The molecule has 3 N–H and O–H groups in total. The number of hydrogen-bond donors (Lipinski definition) is 3. The Morgan fingerprint density at radius 1 is 1.17 bits per heavy atom. The van der Waals surface area contributed by atoms with Gasteiger partial charge in [-0.2, -0.15) is 0 Å². The molecule has 1 aliphatic rings. The van der Waals surface area contributed by atoms with Crippen LogP contribution in [-0.2, 0) is 11.4 Å². The maximum Gasteiger partial charge on any atom is 0.220 e. The van der Waals surface area contributed by atoms with Crippen molar-refractivity contribution in [2.75, 3.05) is 19.6 Å². The zero-order chi connectivity index (χ0) is 20.5. The van der Waals surface area contributed by atoms with Crippen LogP contribution in [0.15, 0.2) is 54.6 Å². The Labute approximate surface area is 173 Å². The number of nitrogens with one attached hydrogen (secondary N) is 2. The number of carbonyl (C=O) groups is 1. The summed E-state index contributed by atoms with van der Waals surface area (Å²) in [6.07, 6.45) is 2.02. The molecule has 2 unspecified atom stereocenters. The molecule has 1 amide bonds. The number of ether oxygens (including phenoxy) is 1. The van der Waals surface area contributed by atoms with Crippen LogP contribution in [-0.4, -0.2) is 30.6 Å². The molecule has 3 rings (SSSR count). The van der Waals surface area contributed by atoms with Crippen LogP contribution in [0.2, 0.25) is 0 Å². The van der Waals surface area contributed by atoms with Crippen molar-refractivity contribution in [3.05, 3.63) is 65.7 Å². The Balaban J connectivity index is 1.44. The summed E-state index contributed by atoms with van der Waals surface area (Å²) in [4.78, 5) is 12.3. The topological polar surface area (TPSA) is 70.6 Å². The van der Waals surface area contributed by atoms with Crippen LogP contribution in [0, 0.1) is 11.8 Å². The molecule has 0 radical (unpaired) electrons. The molecule has 1 fully saturated rings. The Hall–Kier alpha value is -2.37. The smallest absolute Gasteiger partial charge is 0.220 e. The Morgan fingerprint density at radius 3 is 2.69 bits per heavy atom. The standard InChI is InChI=1S/C24H32N2O3/c1-18(20-10-12-25-13-11-20)14-24(28)26-16-23(27)21-8-5-9-22(15-21)29-17-19-6-3-2-4-7-19/h2-9,15,18,20,23,25,27H,10-14,16-17H2,1H3,(H,26,28). The summed E-state index contributed by atoms with van der Waals surface area (Å²) in [6, 6.07) is 17.4. The van der Waals surface area contributed by atoms with Gasteiger partial charge in [-0.15, -0.1) is 0 Å². The molecule has 2 aromatic carbocycles. The van der Waals surface area contributed by atoms with Gasteiger partial charge in [0, 0.05) is 13.0 Å². The van der Waals surface area contributed by atoms with Crippen LogP contribution in [0.3, 0.4) is 0 Å². The fourth-order valence-electron chi connectivity index (χ4n) is 3.83. The lowest BCUT2D eigenvalue weighted by Gasteiger charge is -2.28. The molecule has 1 heterocycles. The molecule has 0 bridgehead atoms. The number of carbonyl (C=O) groups excluding carboxylic acids is 1. The molecular formula is C24H32N2O3. The molecule has 1 aliphatic heterocycles. The summed E-state index contributed by atoms with van der Waals surface area (Å²) >= 11 is 0. The predicted octanol–water partition coefficient (Wildman–Crippen LogP) is 3.44. The minimum absolute atomic E-state index is 0.00608. The summed E-state index contributed by atoms with van der Waals surface area (Å²) in [7, 11) is 0. The first-order valence-corrected chi connectivity index (χ1v) is 10.5. The number of piperidine rings is 1. The Kier molecular flexibility index (Phi) is 8.08. The maximum atomic E-state index is 12.3. The highest BCUT2D eigenvalue weighted by Gasteiger charge is 2.22. The summed E-state index contributed by atoms with van der Waals surface area (Å²) in [5.41, 5.74) is 1.83. The lowest BCUT2D eigenvalue weighted by molar-refractivity contribution is -0.122. The summed E-state index contributed by atoms with van der Waals surface area (Å²) in [5.74, 6) is 1.68.